The summed E-state index contributed by atoms with van der Waals surface area (Å²) < 4.78 is 82.2. The van der Waals surface area contributed by atoms with Crippen molar-refractivity contribution in [1.82, 2.24) is 0 Å². The van der Waals surface area contributed by atoms with E-state index in [-0.39, 0.29) is 4.90 Å². The third kappa shape index (κ3) is 4.47. The van der Waals surface area contributed by atoms with E-state index in [1.54, 1.807) is 6.07 Å². The zero-order chi connectivity index (χ0) is 15.4. The molecule has 0 radical (unpaired) electrons. The molecule has 0 aliphatic rings. The van der Waals surface area contributed by atoms with Gasteiger partial charge in [0, 0.05) is 6.42 Å². The number of hydrogen-bond acceptors (Lipinski definition) is 5. The van der Waals surface area contributed by atoms with Crippen LogP contribution in [0.2, 0.25) is 0 Å². The van der Waals surface area contributed by atoms with E-state index >= 15 is 0 Å². The number of benzene rings is 1. The standard InChI is InChI=1S/C10H12F2O6S2/c11-10(12,20(15,16)17)7-4-8-18-19(13,14)9-5-2-1-3-6-9/h1-3,5-6H,4,7-8H2,(H,15,16,17). The van der Waals surface area contributed by atoms with Gasteiger partial charge in [-0.15, -0.1) is 0 Å². The van der Waals surface area contributed by atoms with Crippen LogP contribution in [0.3, 0.4) is 0 Å². The van der Waals surface area contributed by atoms with E-state index in [9.17, 15) is 25.6 Å². The summed E-state index contributed by atoms with van der Waals surface area (Å²) in [7, 11) is -9.58. The van der Waals surface area contributed by atoms with Crippen LogP contribution in [-0.2, 0) is 24.4 Å². The molecule has 10 heteroatoms. The molecule has 0 spiro atoms. The van der Waals surface area contributed by atoms with Crippen LogP contribution in [0.5, 0.6) is 0 Å². The summed E-state index contributed by atoms with van der Waals surface area (Å²) in [6, 6.07) is 7.04. The Kier molecular flexibility index (Phi) is 5.19. The molecule has 0 bridgehead atoms. The van der Waals surface area contributed by atoms with Crippen molar-refractivity contribution in [2.75, 3.05) is 6.61 Å². The SMILES string of the molecule is O=S(=O)(OCCCC(F)(F)S(=O)(=O)O)c1ccccc1. The van der Waals surface area contributed by atoms with Crippen molar-refractivity contribution < 1.29 is 34.4 Å². The molecule has 0 heterocycles. The Balaban J connectivity index is 2.54. The van der Waals surface area contributed by atoms with Crippen molar-refractivity contribution in [2.24, 2.45) is 0 Å². The minimum atomic E-state index is -5.51. The molecule has 114 valence electrons. The van der Waals surface area contributed by atoms with Gasteiger partial charge < -0.3 is 0 Å². The molecule has 1 aromatic rings. The molecule has 0 aliphatic carbocycles. The molecule has 6 nitrogen and oxygen atoms in total. The van der Waals surface area contributed by atoms with Gasteiger partial charge in [-0.05, 0) is 18.6 Å². The van der Waals surface area contributed by atoms with Gasteiger partial charge >= 0.3 is 15.4 Å². The van der Waals surface area contributed by atoms with Crippen molar-refractivity contribution in [3.8, 4) is 0 Å². The van der Waals surface area contributed by atoms with Gasteiger partial charge in [0.2, 0.25) is 0 Å². The maximum Gasteiger partial charge on any atom is 0.370 e. The van der Waals surface area contributed by atoms with Gasteiger partial charge in [-0.1, -0.05) is 18.2 Å². The molecule has 1 N–H and O–H groups in total. The van der Waals surface area contributed by atoms with Gasteiger partial charge in [0.25, 0.3) is 10.1 Å². The van der Waals surface area contributed by atoms with Crippen molar-refractivity contribution in [2.45, 2.75) is 23.0 Å². The number of alkyl halides is 2. The zero-order valence-corrected chi connectivity index (χ0v) is 11.7. The number of halogens is 2. The summed E-state index contributed by atoms with van der Waals surface area (Å²) in [6.45, 7) is -0.623. The molecule has 1 aromatic carbocycles. The molecule has 0 unspecified atom stereocenters. The van der Waals surface area contributed by atoms with Crippen LogP contribution in [0, 0.1) is 0 Å². The fourth-order valence-corrected chi connectivity index (χ4v) is 2.60. The van der Waals surface area contributed by atoms with Crippen LogP contribution in [0.4, 0.5) is 8.78 Å². The average Bonchev–Trinajstić information content (AvgIpc) is 2.34. The molecule has 0 fully saturated rings. The van der Waals surface area contributed by atoms with E-state index in [0.717, 1.165) is 0 Å². The lowest BCUT2D eigenvalue weighted by Crippen LogP contribution is -2.28. The molecular weight excluding hydrogens is 318 g/mol. The predicted octanol–water partition coefficient (Wildman–Crippen LogP) is 1.65. The monoisotopic (exact) mass is 330 g/mol. The summed E-state index contributed by atoms with van der Waals surface area (Å²) in [4.78, 5) is -0.137. The van der Waals surface area contributed by atoms with Crippen LogP contribution in [0.25, 0.3) is 0 Å². The second-order valence-electron chi connectivity index (χ2n) is 3.81. The minimum absolute atomic E-state index is 0.137. The molecule has 0 atom stereocenters. The van der Waals surface area contributed by atoms with Crippen LogP contribution >= 0.6 is 0 Å². The Hall–Kier alpha value is -1.10. The first-order chi connectivity index (χ1) is 9.06. The predicted molar refractivity (Wildman–Crippen MR) is 65.3 cm³/mol. The second kappa shape index (κ2) is 6.12. The van der Waals surface area contributed by atoms with Crippen molar-refractivity contribution >= 4 is 20.2 Å². The number of rotatable bonds is 7. The molecular formula is C10H12F2O6S2. The van der Waals surface area contributed by atoms with E-state index < -0.39 is 44.9 Å². The highest BCUT2D eigenvalue weighted by atomic mass is 32.2. The highest BCUT2D eigenvalue weighted by Gasteiger charge is 2.43. The van der Waals surface area contributed by atoms with Gasteiger partial charge in [0.15, 0.2) is 0 Å². The smallest absolute Gasteiger partial charge is 0.281 e. The minimum Gasteiger partial charge on any atom is -0.281 e. The lowest BCUT2D eigenvalue weighted by atomic mass is 10.3. The van der Waals surface area contributed by atoms with Crippen molar-refractivity contribution in [1.29, 1.82) is 0 Å². The first-order valence-electron chi connectivity index (χ1n) is 5.36. The van der Waals surface area contributed by atoms with Gasteiger partial charge in [-0.2, -0.15) is 25.6 Å². The third-order valence-corrected chi connectivity index (χ3v) is 4.55. The van der Waals surface area contributed by atoms with E-state index in [0.29, 0.717) is 0 Å². The van der Waals surface area contributed by atoms with Gasteiger partial charge in [-0.25, -0.2) is 0 Å². The Bertz CT molecular complexity index is 640. The Morgan fingerprint density at radius 1 is 1.10 bits per heavy atom. The Morgan fingerprint density at radius 2 is 1.65 bits per heavy atom. The fraction of sp³-hybridized carbons (Fsp3) is 0.400. The van der Waals surface area contributed by atoms with E-state index in [2.05, 4.69) is 4.18 Å². The summed E-state index contributed by atoms with van der Waals surface area (Å²) in [5.41, 5.74) is 0. The summed E-state index contributed by atoms with van der Waals surface area (Å²) >= 11 is 0. The maximum absolute atomic E-state index is 12.8. The van der Waals surface area contributed by atoms with Crippen LogP contribution in [-0.4, -0.2) is 33.2 Å². The number of hydrogen-bond donors (Lipinski definition) is 1. The molecule has 0 aliphatic heterocycles. The van der Waals surface area contributed by atoms with Crippen molar-refractivity contribution in [3.63, 3.8) is 0 Å². The van der Waals surface area contributed by atoms with Crippen molar-refractivity contribution in [3.05, 3.63) is 30.3 Å². The van der Waals surface area contributed by atoms with E-state index in [1.807, 2.05) is 0 Å². The van der Waals surface area contributed by atoms with Crippen LogP contribution in [0.1, 0.15) is 12.8 Å². The lowest BCUT2D eigenvalue weighted by molar-refractivity contribution is 0.0647. The highest BCUT2D eigenvalue weighted by molar-refractivity contribution is 7.87. The normalized spacial score (nSPS) is 13.3. The van der Waals surface area contributed by atoms with Gasteiger partial charge in [-0.3, -0.25) is 8.74 Å². The first kappa shape index (κ1) is 17.0. The molecule has 0 saturated carbocycles. The van der Waals surface area contributed by atoms with Gasteiger partial charge in [0.05, 0.1) is 11.5 Å². The second-order valence-corrected chi connectivity index (χ2v) is 6.97. The Morgan fingerprint density at radius 3 is 2.15 bits per heavy atom. The summed E-state index contributed by atoms with van der Waals surface area (Å²) in [5, 5.41) is -4.33. The molecule has 0 aromatic heterocycles. The fourth-order valence-electron chi connectivity index (χ4n) is 1.23. The highest BCUT2D eigenvalue weighted by Crippen LogP contribution is 2.26. The molecule has 20 heavy (non-hydrogen) atoms. The van der Waals surface area contributed by atoms with Gasteiger partial charge in [0.1, 0.15) is 0 Å². The topological polar surface area (TPSA) is 97.7 Å². The quantitative estimate of drug-likeness (QED) is 0.464. The van der Waals surface area contributed by atoms with E-state index in [4.69, 9.17) is 4.55 Å². The van der Waals surface area contributed by atoms with Crippen LogP contribution < -0.4 is 0 Å². The molecule has 0 amide bonds. The summed E-state index contributed by atoms with van der Waals surface area (Å²) in [6.07, 6.45) is -1.80. The largest absolute Gasteiger partial charge is 0.370 e. The maximum atomic E-state index is 12.8. The van der Waals surface area contributed by atoms with E-state index in [1.165, 1.54) is 24.3 Å². The zero-order valence-electron chi connectivity index (χ0n) is 10.1. The first-order valence-corrected chi connectivity index (χ1v) is 8.20. The molecule has 1 rings (SSSR count). The lowest BCUT2D eigenvalue weighted by Gasteiger charge is -2.12. The summed E-state index contributed by atoms with van der Waals surface area (Å²) in [5.74, 6) is 0. The van der Waals surface area contributed by atoms with Crippen LogP contribution in [0.15, 0.2) is 35.2 Å². The third-order valence-electron chi connectivity index (χ3n) is 2.26. The average molecular weight is 330 g/mol. The Labute approximate surface area is 115 Å². The molecule has 0 saturated heterocycles.